The Morgan fingerprint density at radius 3 is 2.43 bits per heavy atom. The summed E-state index contributed by atoms with van der Waals surface area (Å²) in [4.78, 5) is 12.7. The molecule has 0 aromatic heterocycles. The molecule has 0 radical (unpaired) electrons. The molecule has 8 heteroatoms. The van der Waals surface area contributed by atoms with Crippen LogP contribution in [0.15, 0.2) is 24.3 Å². The fourth-order valence-electron chi connectivity index (χ4n) is 5.68. The zero-order valence-electron chi connectivity index (χ0n) is 22.8. The van der Waals surface area contributed by atoms with Crippen molar-refractivity contribution in [1.82, 2.24) is 5.32 Å². The summed E-state index contributed by atoms with van der Waals surface area (Å²) in [5, 5.41) is 5.90. The Morgan fingerprint density at radius 1 is 1.03 bits per heavy atom. The minimum Gasteiger partial charge on any atom is -0.497 e. The summed E-state index contributed by atoms with van der Waals surface area (Å²) in [6.07, 6.45) is 12.4. The maximum Gasteiger partial charge on any atom is 0.319 e. The summed E-state index contributed by atoms with van der Waals surface area (Å²) >= 11 is 0. The molecule has 1 aliphatic carbocycles. The first-order valence-electron chi connectivity index (χ1n) is 14.4. The van der Waals surface area contributed by atoms with Crippen LogP contribution in [0.5, 0.6) is 5.75 Å². The third-order valence-corrected chi connectivity index (χ3v) is 7.76. The number of urea groups is 1. The zero-order valence-corrected chi connectivity index (χ0v) is 22.8. The molecule has 0 bridgehead atoms. The molecule has 4 rings (SSSR count). The number of hydrogen-bond acceptors (Lipinski definition) is 6. The van der Waals surface area contributed by atoms with Gasteiger partial charge in [0.05, 0.1) is 13.2 Å². The number of benzene rings is 1. The molecule has 2 heterocycles. The van der Waals surface area contributed by atoms with Crippen LogP contribution in [0, 0.1) is 0 Å². The Morgan fingerprint density at radius 2 is 1.73 bits per heavy atom. The van der Waals surface area contributed by atoms with Gasteiger partial charge < -0.3 is 34.3 Å². The van der Waals surface area contributed by atoms with Gasteiger partial charge >= 0.3 is 6.03 Å². The van der Waals surface area contributed by atoms with Crippen molar-refractivity contribution >= 4 is 11.7 Å². The average molecular weight is 519 g/mol. The monoisotopic (exact) mass is 518 g/mol. The van der Waals surface area contributed by atoms with Crippen LogP contribution >= 0.6 is 0 Å². The Bertz CT molecular complexity index is 828. The van der Waals surface area contributed by atoms with Gasteiger partial charge in [-0.1, -0.05) is 51.9 Å². The third kappa shape index (κ3) is 7.59. The number of rotatable bonds is 13. The van der Waals surface area contributed by atoms with Gasteiger partial charge in [-0.05, 0) is 50.5 Å². The maximum atomic E-state index is 12.7. The maximum absolute atomic E-state index is 12.7. The van der Waals surface area contributed by atoms with Crippen molar-refractivity contribution in [2.24, 2.45) is 0 Å². The molecule has 8 nitrogen and oxygen atoms in total. The molecule has 2 saturated heterocycles. The van der Waals surface area contributed by atoms with Crippen molar-refractivity contribution in [2.75, 3.05) is 19.0 Å². The molecule has 2 aliphatic heterocycles. The molecule has 1 saturated carbocycles. The number of hydrogen-bond donors (Lipinski definition) is 2. The second-order valence-electron chi connectivity index (χ2n) is 10.7. The highest BCUT2D eigenvalue weighted by Gasteiger charge is 2.59. The lowest BCUT2D eigenvalue weighted by Crippen LogP contribution is -2.50. The van der Waals surface area contributed by atoms with Gasteiger partial charge in [-0.3, -0.25) is 0 Å². The fraction of sp³-hybridized carbons (Fsp3) is 0.759. The summed E-state index contributed by atoms with van der Waals surface area (Å²) in [5.41, 5.74) is 0.687. The van der Waals surface area contributed by atoms with E-state index in [2.05, 4.69) is 17.6 Å². The van der Waals surface area contributed by atoms with Gasteiger partial charge in [0.1, 0.15) is 24.1 Å². The molecule has 1 aromatic carbocycles. The summed E-state index contributed by atoms with van der Waals surface area (Å²) in [5.74, 6) is 0.198. The summed E-state index contributed by atoms with van der Waals surface area (Å²) in [6.45, 7) is 4.84. The van der Waals surface area contributed by atoms with E-state index in [4.69, 9.17) is 23.7 Å². The highest BCUT2D eigenvalue weighted by Crippen LogP contribution is 2.46. The number of carbonyl (C=O) groups is 1. The van der Waals surface area contributed by atoms with Crippen LogP contribution in [0.3, 0.4) is 0 Å². The van der Waals surface area contributed by atoms with Crippen molar-refractivity contribution in [1.29, 1.82) is 0 Å². The molecule has 208 valence electrons. The van der Waals surface area contributed by atoms with E-state index < -0.39 is 12.1 Å². The second-order valence-corrected chi connectivity index (χ2v) is 10.7. The van der Waals surface area contributed by atoms with Gasteiger partial charge in [0, 0.05) is 25.1 Å². The molecule has 2 amide bonds. The number of methoxy groups -OCH3 is 1. The highest BCUT2D eigenvalue weighted by molar-refractivity contribution is 5.89. The molecule has 37 heavy (non-hydrogen) atoms. The second kappa shape index (κ2) is 13.8. The van der Waals surface area contributed by atoms with Crippen molar-refractivity contribution in [2.45, 2.75) is 127 Å². The first-order chi connectivity index (χ1) is 18.0. The van der Waals surface area contributed by atoms with E-state index in [0.29, 0.717) is 12.3 Å². The van der Waals surface area contributed by atoms with Crippen molar-refractivity contribution in [3.63, 3.8) is 0 Å². The van der Waals surface area contributed by atoms with Gasteiger partial charge in [0.15, 0.2) is 12.1 Å². The SMILES string of the molecule is CCCCCCCCCO[C@@H]1[C@H]2OC3(CCCCC3)O[C@H]2O[C@@H]1[C@H](C)NC(=O)Nc1ccc(OC)cc1. The largest absolute Gasteiger partial charge is 0.497 e. The number of nitrogens with one attached hydrogen (secondary N) is 2. The topological polar surface area (TPSA) is 87.3 Å². The minimum absolute atomic E-state index is 0.276. The standard InChI is InChI=1S/C29H46N2O6/c1-4-5-6-7-8-9-13-20-34-25-24(35-27-26(25)36-29(37-27)18-11-10-12-19-29)21(2)30-28(32)31-22-14-16-23(33-3)17-15-22/h14-17,21,24-27H,4-13,18-20H2,1-3H3,(H2,30,31,32)/t21-,24+,25-,26+,27+/m0/s1. The van der Waals surface area contributed by atoms with Crippen molar-refractivity contribution in [3.05, 3.63) is 24.3 Å². The molecule has 0 unspecified atom stereocenters. The molecule has 1 aromatic rings. The third-order valence-electron chi connectivity index (χ3n) is 7.76. The van der Waals surface area contributed by atoms with Crippen LogP contribution in [-0.2, 0) is 18.9 Å². The van der Waals surface area contributed by atoms with E-state index in [9.17, 15) is 4.79 Å². The number of amides is 2. The first-order valence-corrected chi connectivity index (χ1v) is 14.4. The van der Waals surface area contributed by atoms with Crippen LogP contribution in [0.2, 0.25) is 0 Å². The van der Waals surface area contributed by atoms with Gasteiger partial charge in [-0.25, -0.2) is 4.79 Å². The minimum atomic E-state index is -0.540. The molecule has 2 N–H and O–H groups in total. The summed E-state index contributed by atoms with van der Waals surface area (Å²) in [7, 11) is 1.61. The lowest BCUT2D eigenvalue weighted by Gasteiger charge is -2.35. The van der Waals surface area contributed by atoms with Crippen molar-refractivity contribution in [3.8, 4) is 5.75 Å². The molecule has 3 fully saturated rings. The predicted molar refractivity (Wildman–Crippen MR) is 143 cm³/mol. The molecule has 5 atom stereocenters. The number of ether oxygens (including phenoxy) is 5. The van der Waals surface area contributed by atoms with E-state index in [-0.39, 0.29) is 30.4 Å². The Balaban J connectivity index is 1.31. The Labute approximate surface area is 222 Å². The quantitative estimate of drug-likeness (QED) is 0.305. The van der Waals surface area contributed by atoms with E-state index in [1.807, 2.05) is 19.1 Å². The lowest BCUT2D eigenvalue weighted by atomic mass is 9.94. The van der Waals surface area contributed by atoms with E-state index in [0.717, 1.165) is 44.3 Å². The Hall–Kier alpha value is -1.87. The number of fused-ring (bicyclic) bond motifs is 1. The highest BCUT2D eigenvalue weighted by atomic mass is 16.8. The van der Waals surface area contributed by atoms with E-state index in [1.54, 1.807) is 19.2 Å². The number of carbonyl (C=O) groups excluding carboxylic acids is 1. The number of unbranched alkanes of at least 4 members (excludes halogenated alkanes) is 6. The van der Waals surface area contributed by atoms with Gasteiger partial charge in [-0.2, -0.15) is 0 Å². The Kier molecular flexibility index (Phi) is 10.5. The van der Waals surface area contributed by atoms with Gasteiger partial charge in [0.2, 0.25) is 0 Å². The zero-order chi connectivity index (χ0) is 26.1. The smallest absolute Gasteiger partial charge is 0.319 e. The van der Waals surface area contributed by atoms with Crippen LogP contribution in [-0.4, -0.2) is 56.2 Å². The molecule has 3 aliphatic rings. The fourth-order valence-corrected chi connectivity index (χ4v) is 5.68. The summed E-state index contributed by atoms with van der Waals surface area (Å²) < 4.78 is 30.9. The van der Waals surface area contributed by atoms with Crippen LogP contribution in [0.1, 0.15) is 90.9 Å². The van der Waals surface area contributed by atoms with E-state index in [1.165, 1.54) is 38.5 Å². The summed E-state index contributed by atoms with van der Waals surface area (Å²) in [6, 6.07) is 6.64. The molecule has 1 spiro atoms. The van der Waals surface area contributed by atoms with Crippen LogP contribution in [0.4, 0.5) is 10.5 Å². The molecular weight excluding hydrogens is 472 g/mol. The lowest BCUT2D eigenvalue weighted by molar-refractivity contribution is -0.250. The van der Waals surface area contributed by atoms with Gasteiger partial charge in [0.25, 0.3) is 0 Å². The normalized spacial score (nSPS) is 27.1. The van der Waals surface area contributed by atoms with Crippen LogP contribution < -0.4 is 15.4 Å². The van der Waals surface area contributed by atoms with E-state index >= 15 is 0 Å². The molecular formula is C29H46N2O6. The van der Waals surface area contributed by atoms with Crippen LogP contribution in [0.25, 0.3) is 0 Å². The van der Waals surface area contributed by atoms with Crippen molar-refractivity contribution < 1.29 is 28.5 Å². The predicted octanol–water partition coefficient (Wildman–Crippen LogP) is 6.14. The first kappa shape index (κ1) is 28.1. The average Bonchev–Trinajstić information content (AvgIpc) is 3.40. The number of anilines is 1. The van der Waals surface area contributed by atoms with Gasteiger partial charge in [-0.15, -0.1) is 0 Å².